The first-order valence-corrected chi connectivity index (χ1v) is 7.66. The minimum absolute atomic E-state index is 0.107. The van der Waals surface area contributed by atoms with Gasteiger partial charge in [0.05, 0.1) is 22.9 Å². The smallest absolute Gasteiger partial charge is 0.273 e. The maximum atomic E-state index is 11.9. The molecule has 0 amide bonds. The summed E-state index contributed by atoms with van der Waals surface area (Å²) in [6.07, 6.45) is 1.60. The average Bonchev–Trinajstić information content (AvgIpc) is 2.90. The predicted octanol–water partition coefficient (Wildman–Crippen LogP) is 3.09. The molecular formula is C16H16N2O2S. The Morgan fingerprint density at radius 3 is 2.90 bits per heavy atom. The van der Waals surface area contributed by atoms with Gasteiger partial charge < -0.3 is 4.74 Å². The summed E-state index contributed by atoms with van der Waals surface area (Å²) in [6, 6.07) is 7.98. The Balaban J connectivity index is 1.93. The van der Waals surface area contributed by atoms with Gasteiger partial charge in [-0.25, -0.2) is 5.10 Å². The molecule has 0 spiro atoms. The molecule has 108 valence electrons. The lowest BCUT2D eigenvalue weighted by Crippen LogP contribution is -2.11. The van der Waals surface area contributed by atoms with Crippen molar-refractivity contribution in [3.63, 3.8) is 0 Å². The van der Waals surface area contributed by atoms with Gasteiger partial charge in [0.1, 0.15) is 5.75 Å². The maximum Gasteiger partial charge on any atom is 0.273 e. The van der Waals surface area contributed by atoms with Gasteiger partial charge in [0.25, 0.3) is 5.56 Å². The highest BCUT2D eigenvalue weighted by Crippen LogP contribution is 2.26. The lowest BCUT2D eigenvalue weighted by Gasteiger charge is -2.08. The lowest BCUT2D eigenvalue weighted by molar-refractivity contribution is 0.409. The lowest BCUT2D eigenvalue weighted by atomic mass is 10.1. The van der Waals surface area contributed by atoms with Gasteiger partial charge in [-0.3, -0.25) is 4.79 Å². The number of benzene rings is 1. The van der Waals surface area contributed by atoms with Crippen LogP contribution >= 0.6 is 11.3 Å². The molecule has 0 saturated carbocycles. The van der Waals surface area contributed by atoms with Crippen molar-refractivity contribution in [2.75, 3.05) is 7.11 Å². The third-order valence-electron chi connectivity index (χ3n) is 3.58. The van der Waals surface area contributed by atoms with Gasteiger partial charge in [0.2, 0.25) is 0 Å². The second kappa shape index (κ2) is 5.69. The molecule has 0 atom stereocenters. The van der Waals surface area contributed by atoms with Crippen LogP contribution in [0, 0.1) is 6.92 Å². The zero-order valence-electron chi connectivity index (χ0n) is 12.0. The number of H-pyrrole nitrogens is 1. The number of fused-ring (bicyclic) bond motifs is 1. The highest BCUT2D eigenvalue weighted by Gasteiger charge is 2.11. The Hall–Kier alpha value is -2.14. The molecule has 1 N–H and O–H groups in total. The zero-order chi connectivity index (χ0) is 14.8. The minimum Gasteiger partial charge on any atom is -0.496 e. The Bertz CT molecular complexity index is 836. The number of hydrogen-bond acceptors (Lipinski definition) is 4. The molecule has 3 aromatic rings. The molecule has 0 fully saturated rings. The molecule has 3 rings (SSSR count). The summed E-state index contributed by atoms with van der Waals surface area (Å²) in [5.74, 6) is 0.889. The van der Waals surface area contributed by atoms with Crippen molar-refractivity contribution in [2.45, 2.75) is 19.8 Å². The van der Waals surface area contributed by atoms with Gasteiger partial charge in [0.15, 0.2) is 0 Å². The normalized spacial score (nSPS) is 11.0. The average molecular weight is 300 g/mol. The van der Waals surface area contributed by atoms with Crippen LogP contribution in [-0.4, -0.2) is 17.3 Å². The number of thiophene rings is 1. The van der Waals surface area contributed by atoms with E-state index in [4.69, 9.17) is 4.74 Å². The predicted molar refractivity (Wildman–Crippen MR) is 85.4 cm³/mol. The van der Waals surface area contributed by atoms with Crippen LogP contribution in [0.3, 0.4) is 0 Å². The topological polar surface area (TPSA) is 55.0 Å². The van der Waals surface area contributed by atoms with E-state index in [9.17, 15) is 4.79 Å². The fourth-order valence-corrected chi connectivity index (χ4v) is 3.56. The summed E-state index contributed by atoms with van der Waals surface area (Å²) < 4.78 is 6.36. The molecule has 5 heteroatoms. The van der Waals surface area contributed by atoms with E-state index in [0.717, 1.165) is 45.5 Å². The maximum absolute atomic E-state index is 11.9. The molecule has 0 saturated heterocycles. The third-order valence-corrected chi connectivity index (χ3v) is 4.73. The summed E-state index contributed by atoms with van der Waals surface area (Å²) >= 11 is 1.59. The Morgan fingerprint density at radius 2 is 2.10 bits per heavy atom. The second-order valence-corrected chi connectivity index (χ2v) is 5.81. The van der Waals surface area contributed by atoms with Crippen LogP contribution < -0.4 is 10.3 Å². The van der Waals surface area contributed by atoms with Crippen molar-refractivity contribution in [1.82, 2.24) is 10.2 Å². The van der Waals surface area contributed by atoms with Crippen LogP contribution in [-0.2, 0) is 12.8 Å². The molecule has 0 bridgehead atoms. The van der Waals surface area contributed by atoms with Crippen LogP contribution in [0.25, 0.3) is 10.1 Å². The fourth-order valence-electron chi connectivity index (χ4n) is 2.50. The molecule has 21 heavy (non-hydrogen) atoms. The summed E-state index contributed by atoms with van der Waals surface area (Å²) in [6.45, 7) is 1.96. The van der Waals surface area contributed by atoms with Gasteiger partial charge in [-0.1, -0.05) is 18.2 Å². The first-order chi connectivity index (χ1) is 10.2. The number of nitrogens with one attached hydrogen (secondary N) is 1. The van der Waals surface area contributed by atoms with Gasteiger partial charge in [-0.2, -0.15) is 5.10 Å². The van der Waals surface area contributed by atoms with Gasteiger partial charge in [-0.15, -0.1) is 11.3 Å². The largest absolute Gasteiger partial charge is 0.496 e. The van der Waals surface area contributed by atoms with Crippen molar-refractivity contribution in [3.05, 3.63) is 56.8 Å². The number of aromatic amines is 1. The van der Waals surface area contributed by atoms with Crippen LogP contribution in [0.4, 0.5) is 0 Å². The third kappa shape index (κ3) is 2.56. The highest BCUT2D eigenvalue weighted by molar-refractivity contribution is 7.17. The number of nitrogens with zero attached hydrogens (tertiary/aromatic N) is 1. The molecule has 0 aliphatic rings. The zero-order valence-corrected chi connectivity index (χ0v) is 12.8. The van der Waals surface area contributed by atoms with Gasteiger partial charge in [0, 0.05) is 0 Å². The van der Waals surface area contributed by atoms with E-state index in [-0.39, 0.29) is 5.56 Å². The van der Waals surface area contributed by atoms with E-state index < -0.39 is 0 Å². The van der Waals surface area contributed by atoms with E-state index in [1.165, 1.54) is 0 Å². The Morgan fingerprint density at radius 1 is 1.29 bits per heavy atom. The minimum atomic E-state index is -0.107. The highest BCUT2D eigenvalue weighted by atomic mass is 32.1. The van der Waals surface area contributed by atoms with Gasteiger partial charge >= 0.3 is 0 Å². The number of aromatic nitrogens is 2. The molecule has 1 aromatic carbocycles. The van der Waals surface area contributed by atoms with E-state index in [0.29, 0.717) is 0 Å². The van der Waals surface area contributed by atoms with Gasteiger partial charge in [-0.05, 0) is 42.3 Å². The van der Waals surface area contributed by atoms with Crippen LogP contribution in [0.15, 0.2) is 34.4 Å². The standard InChI is InChI=1S/C16H16N2O2S/c1-10-9-21-15-12(17-18-16(19)14(10)15)8-7-11-5-3-4-6-13(11)20-2/h3-6,9H,7-8H2,1-2H3,(H,18,19). The molecular weight excluding hydrogens is 284 g/mol. The molecule has 2 aromatic heterocycles. The number of rotatable bonds is 4. The summed E-state index contributed by atoms with van der Waals surface area (Å²) in [4.78, 5) is 11.9. The monoisotopic (exact) mass is 300 g/mol. The SMILES string of the molecule is COc1ccccc1CCc1n[nH]c(=O)c2c(C)csc12. The van der Waals surface area contributed by atoms with Crippen molar-refractivity contribution >= 4 is 21.4 Å². The number of para-hydroxylation sites is 1. The number of ether oxygens (including phenoxy) is 1. The Kier molecular flexibility index (Phi) is 3.75. The quantitative estimate of drug-likeness (QED) is 0.805. The fraction of sp³-hybridized carbons (Fsp3) is 0.250. The molecule has 0 aliphatic carbocycles. The van der Waals surface area contributed by atoms with E-state index in [2.05, 4.69) is 16.3 Å². The molecule has 0 aliphatic heterocycles. The van der Waals surface area contributed by atoms with Crippen molar-refractivity contribution in [3.8, 4) is 5.75 Å². The summed E-state index contributed by atoms with van der Waals surface area (Å²) in [7, 11) is 1.68. The summed E-state index contributed by atoms with van der Waals surface area (Å²) in [5.41, 5.74) is 2.99. The second-order valence-electron chi connectivity index (χ2n) is 4.93. The number of methoxy groups -OCH3 is 1. The molecule has 0 unspecified atom stereocenters. The first-order valence-electron chi connectivity index (χ1n) is 6.78. The van der Waals surface area contributed by atoms with Crippen molar-refractivity contribution < 1.29 is 4.74 Å². The van der Waals surface area contributed by atoms with E-state index in [1.807, 2.05) is 30.5 Å². The van der Waals surface area contributed by atoms with Crippen LogP contribution in [0.5, 0.6) is 5.75 Å². The number of hydrogen-bond donors (Lipinski definition) is 1. The van der Waals surface area contributed by atoms with Crippen LogP contribution in [0.1, 0.15) is 16.8 Å². The first kappa shape index (κ1) is 13.8. The summed E-state index contributed by atoms with van der Waals surface area (Å²) in [5, 5.41) is 9.60. The molecule has 0 radical (unpaired) electrons. The van der Waals surface area contributed by atoms with Crippen molar-refractivity contribution in [2.24, 2.45) is 0 Å². The van der Waals surface area contributed by atoms with E-state index in [1.54, 1.807) is 18.4 Å². The molecule has 2 heterocycles. The van der Waals surface area contributed by atoms with Crippen LogP contribution in [0.2, 0.25) is 0 Å². The Labute approximate surface area is 126 Å². The number of aryl methyl sites for hydroxylation is 3. The molecule has 4 nitrogen and oxygen atoms in total. The van der Waals surface area contributed by atoms with E-state index >= 15 is 0 Å². The van der Waals surface area contributed by atoms with Crippen molar-refractivity contribution in [1.29, 1.82) is 0 Å².